The molecule has 0 aliphatic carbocycles. The van der Waals surface area contributed by atoms with Crippen molar-refractivity contribution in [1.29, 1.82) is 0 Å². The number of nitrogens with two attached hydrogens (primary N) is 1. The summed E-state index contributed by atoms with van der Waals surface area (Å²) in [6.07, 6.45) is -0.402. The van der Waals surface area contributed by atoms with Crippen LogP contribution < -0.4 is 5.73 Å². The average Bonchev–Trinajstić information content (AvgIpc) is 2.94. The van der Waals surface area contributed by atoms with Gasteiger partial charge in [0.25, 0.3) is 0 Å². The SMILES string of the molecule is Nc1n[c-]nc2c1ncn2[C@@H]1O[C@H](CO)[C@@H](O)[C@H]1O.[Y]. The number of ether oxygens (including phenoxy) is 1. The van der Waals surface area contributed by atoms with Crippen molar-refractivity contribution in [2.45, 2.75) is 24.5 Å². The molecule has 1 aliphatic heterocycles. The molecular formula is C10H12N5O4Y-. The Morgan fingerprint density at radius 3 is 2.75 bits per heavy atom. The minimum absolute atomic E-state index is 0. The third kappa shape index (κ3) is 2.34. The number of fused-ring (bicyclic) bond motifs is 1. The first-order valence-electron chi connectivity index (χ1n) is 5.62. The number of aromatic nitrogens is 4. The van der Waals surface area contributed by atoms with Crippen molar-refractivity contribution in [3.63, 3.8) is 0 Å². The normalized spacial score (nSPS) is 29.6. The van der Waals surface area contributed by atoms with E-state index >= 15 is 0 Å². The molecule has 0 saturated carbocycles. The van der Waals surface area contributed by atoms with Gasteiger partial charge < -0.3 is 40.3 Å². The maximum absolute atomic E-state index is 9.94. The number of anilines is 1. The first kappa shape index (κ1) is 15.7. The summed E-state index contributed by atoms with van der Waals surface area (Å²) in [5, 5.41) is 28.7. The molecule has 1 aliphatic rings. The predicted molar refractivity (Wildman–Crippen MR) is 61.6 cm³/mol. The Labute approximate surface area is 138 Å². The zero-order chi connectivity index (χ0) is 13.6. The molecule has 105 valence electrons. The number of nitrogen functional groups attached to an aromatic ring is 1. The molecule has 0 amide bonds. The van der Waals surface area contributed by atoms with Crippen LogP contribution in [0.5, 0.6) is 0 Å². The summed E-state index contributed by atoms with van der Waals surface area (Å²) >= 11 is 0. The van der Waals surface area contributed by atoms with Crippen LogP contribution >= 0.6 is 0 Å². The molecule has 20 heavy (non-hydrogen) atoms. The molecule has 1 saturated heterocycles. The maximum atomic E-state index is 9.94. The number of hydrogen-bond donors (Lipinski definition) is 4. The molecule has 3 heterocycles. The van der Waals surface area contributed by atoms with Gasteiger partial charge in [0.15, 0.2) is 6.23 Å². The first-order chi connectivity index (χ1) is 9.13. The standard InChI is InChI=1S/C10H12N5O4.Y/c11-8-5-9(13-2-12-8)15(3-14-5)10-7(18)6(17)4(1-16)19-10;/h3-4,6-7,10,16-18H,1H2,(H2,11,12,13);/q-1;/t4-,6-,7-,10-;/m1./s1. The molecular weight excluding hydrogens is 343 g/mol. The third-order valence-corrected chi connectivity index (χ3v) is 3.13. The van der Waals surface area contributed by atoms with Gasteiger partial charge >= 0.3 is 0 Å². The van der Waals surface area contributed by atoms with E-state index in [4.69, 9.17) is 15.6 Å². The molecule has 5 N–H and O–H groups in total. The summed E-state index contributed by atoms with van der Waals surface area (Å²) in [4.78, 5) is 11.6. The number of rotatable bonds is 2. The van der Waals surface area contributed by atoms with Crippen molar-refractivity contribution in [3.05, 3.63) is 12.7 Å². The number of hydrogen-bond acceptors (Lipinski definition) is 8. The molecule has 2 aromatic heterocycles. The third-order valence-electron chi connectivity index (χ3n) is 3.13. The first-order valence-corrected chi connectivity index (χ1v) is 5.62. The van der Waals surface area contributed by atoms with E-state index in [9.17, 15) is 10.2 Å². The van der Waals surface area contributed by atoms with E-state index in [1.807, 2.05) is 0 Å². The van der Waals surface area contributed by atoms with Gasteiger partial charge in [-0.25, -0.2) is 0 Å². The van der Waals surface area contributed by atoms with Crippen molar-refractivity contribution in [2.75, 3.05) is 12.3 Å². The van der Waals surface area contributed by atoms with E-state index in [0.29, 0.717) is 11.2 Å². The van der Waals surface area contributed by atoms with Crippen LogP contribution in [-0.4, -0.2) is 59.8 Å². The molecule has 0 spiro atoms. The van der Waals surface area contributed by atoms with Gasteiger partial charge in [-0.05, 0) is 0 Å². The van der Waals surface area contributed by atoms with Crippen LogP contribution in [0.3, 0.4) is 0 Å². The molecule has 3 rings (SSSR count). The van der Waals surface area contributed by atoms with Gasteiger partial charge in [0.1, 0.15) is 18.3 Å². The van der Waals surface area contributed by atoms with Gasteiger partial charge in [0.05, 0.1) is 18.6 Å². The van der Waals surface area contributed by atoms with Gasteiger partial charge in [-0.15, -0.1) is 0 Å². The number of aliphatic hydroxyl groups is 3. The van der Waals surface area contributed by atoms with Gasteiger partial charge in [0.2, 0.25) is 0 Å². The molecule has 4 atom stereocenters. The summed E-state index contributed by atoms with van der Waals surface area (Å²) in [6.45, 7) is -0.398. The number of imidazole rings is 1. The minimum Gasteiger partial charge on any atom is -0.433 e. The average molecular weight is 355 g/mol. The van der Waals surface area contributed by atoms with Gasteiger partial charge in [-0.1, -0.05) is 0 Å². The molecule has 0 unspecified atom stereocenters. The Kier molecular flexibility index (Phi) is 4.67. The van der Waals surface area contributed by atoms with Crippen LogP contribution in [0.2, 0.25) is 0 Å². The zero-order valence-electron chi connectivity index (χ0n) is 10.3. The maximum Gasteiger partial charge on any atom is 0.155 e. The van der Waals surface area contributed by atoms with E-state index in [0.717, 1.165) is 0 Å². The van der Waals surface area contributed by atoms with Crippen LogP contribution in [0, 0.1) is 6.33 Å². The second kappa shape index (κ2) is 5.96. The summed E-state index contributed by atoms with van der Waals surface area (Å²) < 4.78 is 6.81. The summed E-state index contributed by atoms with van der Waals surface area (Å²) in [6, 6.07) is 0. The Hall–Kier alpha value is -0.706. The number of aliphatic hydroxyl groups excluding tert-OH is 3. The van der Waals surface area contributed by atoms with E-state index in [-0.39, 0.29) is 38.5 Å². The fourth-order valence-electron chi connectivity index (χ4n) is 2.12. The fraction of sp³-hybridized carbons (Fsp3) is 0.500. The zero-order valence-corrected chi connectivity index (χ0v) is 13.1. The van der Waals surface area contributed by atoms with Gasteiger partial charge in [-0.3, -0.25) is 4.98 Å². The van der Waals surface area contributed by atoms with Crippen molar-refractivity contribution in [3.8, 4) is 0 Å². The number of nitrogens with zero attached hydrogens (tertiary/aromatic N) is 4. The summed E-state index contributed by atoms with van der Waals surface area (Å²) in [7, 11) is 0. The molecule has 2 aromatic rings. The summed E-state index contributed by atoms with van der Waals surface area (Å²) in [5.41, 5.74) is 6.33. The van der Waals surface area contributed by atoms with Crippen LogP contribution in [0.25, 0.3) is 11.2 Å². The minimum atomic E-state index is -1.20. The fourth-order valence-corrected chi connectivity index (χ4v) is 2.12. The topological polar surface area (TPSA) is 140 Å². The Morgan fingerprint density at radius 2 is 2.10 bits per heavy atom. The van der Waals surface area contributed by atoms with E-state index in [2.05, 4.69) is 21.3 Å². The quantitative estimate of drug-likeness (QED) is 0.446. The predicted octanol–water partition coefficient (Wildman–Crippen LogP) is -2.18. The molecule has 9 nitrogen and oxygen atoms in total. The van der Waals surface area contributed by atoms with Crippen molar-refractivity contribution < 1.29 is 52.8 Å². The van der Waals surface area contributed by atoms with Crippen LogP contribution in [0.1, 0.15) is 6.23 Å². The monoisotopic (exact) mass is 355 g/mol. The van der Waals surface area contributed by atoms with Gasteiger partial charge in [-0.2, -0.15) is 0 Å². The molecule has 0 aromatic carbocycles. The van der Waals surface area contributed by atoms with E-state index < -0.39 is 31.1 Å². The Bertz CT molecular complexity index is 608. The van der Waals surface area contributed by atoms with Crippen molar-refractivity contribution in [1.82, 2.24) is 19.5 Å². The largest absolute Gasteiger partial charge is 0.433 e. The van der Waals surface area contributed by atoms with E-state index in [1.165, 1.54) is 10.9 Å². The second-order valence-electron chi connectivity index (χ2n) is 4.26. The second-order valence-corrected chi connectivity index (χ2v) is 4.26. The molecule has 10 heteroatoms. The smallest absolute Gasteiger partial charge is 0.155 e. The van der Waals surface area contributed by atoms with Crippen LogP contribution in [0.4, 0.5) is 5.82 Å². The van der Waals surface area contributed by atoms with E-state index in [1.54, 1.807) is 0 Å². The summed E-state index contributed by atoms with van der Waals surface area (Å²) in [5.74, 6) is 0.162. The Morgan fingerprint density at radius 1 is 1.35 bits per heavy atom. The molecule has 1 fully saturated rings. The Balaban J connectivity index is 0.00000147. The van der Waals surface area contributed by atoms with Crippen molar-refractivity contribution >= 4 is 17.0 Å². The van der Waals surface area contributed by atoms with Crippen molar-refractivity contribution in [2.24, 2.45) is 0 Å². The van der Waals surface area contributed by atoms with Crippen LogP contribution in [-0.2, 0) is 37.4 Å². The molecule has 1 radical (unpaired) electrons. The van der Waals surface area contributed by atoms with Gasteiger partial charge in [0, 0.05) is 50.4 Å². The van der Waals surface area contributed by atoms with Crippen LogP contribution in [0.15, 0.2) is 6.33 Å². The molecule has 0 bridgehead atoms.